The molecule has 2 heterocycles. The number of carbonyl (C=O) groups is 2. The van der Waals surface area contributed by atoms with Crippen molar-refractivity contribution in [1.29, 1.82) is 0 Å². The van der Waals surface area contributed by atoms with Crippen LogP contribution in [-0.4, -0.2) is 62.5 Å². The topological polar surface area (TPSA) is 86.6 Å². The Labute approximate surface area is 243 Å². The first-order valence-corrected chi connectivity index (χ1v) is 13.5. The zero-order valence-electron chi connectivity index (χ0n) is 24.0. The van der Waals surface area contributed by atoms with Crippen molar-refractivity contribution in [3.05, 3.63) is 64.2 Å². The number of likely N-dealkylation sites (tertiary alicyclic amines) is 1. The molecule has 1 fully saturated rings. The minimum Gasteiger partial charge on any atom is -0.384 e. The fraction of sp³-hybridized carbons (Fsp3) is 0.419. The summed E-state index contributed by atoms with van der Waals surface area (Å²) in [5.74, 6) is 4.43. The molecule has 0 radical (unpaired) electrons. The second-order valence-corrected chi connectivity index (χ2v) is 10.8. The average Bonchev–Trinajstić information content (AvgIpc) is 3.50. The molecular weight excluding hydrogens is 547 g/mol. The number of nitrogens with zero attached hydrogens (tertiary/aromatic N) is 4. The van der Waals surface area contributed by atoms with Crippen molar-refractivity contribution < 1.29 is 27.5 Å². The number of halogens is 3. The molecule has 0 aliphatic carbocycles. The van der Waals surface area contributed by atoms with Crippen LogP contribution in [0.15, 0.2) is 46.6 Å². The maximum absolute atomic E-state index is 14.2. The molecule has 4 rings (SSSR count). The van der Waals surface area contributed by atoms with Crippen LogP contribution in [0.5, 0.6) is 0 Å². The first-order chi connectivity index (χ1) is 20.0. The Morgan fingerprint density at radius 1 is 1.24 bits per heavy atom. The van der Waals surface area contributed by atoms with Crippen molar-refractivity contribution in [2.24, 2.45) is 15.6 Å². The number of carbonyl (C=O) groups excluding carboxylic acids is 2. The zero-order chi connectivity index (χ0) is 30.5. The number of alkyl halides is 3. The van der Waals surface area contributed by atoms with Crippen LogP contribution in [0.3, 0.4) is 0 Å². The van der Waals surface area contributed by atoms with Crippen molar-refractivity contribution >= 4 is 29.9 Å². The highest BCUT2D eigenvalue weighted by atomic mass is 19.4. The molecule has 2 aromatic rings. The van der Waals surface area contributed by atoms with E-state index in [1.165, 1.54) is 4.90 Å². The minimum atomic E-state index is -4.63. The summed E-state index contributed by atoms with van der Waals surface area (Å²) < 4.78 is 48.1. The lowest BCUT2D eigenvalue weighted by molar-refractivity contribution is -0.138. The van der Waals surface area contributed by atoms with Crippen LogP contribution in [0.2, 0.25) is 0 Å². The third-order valence-electron chi connectivity index (χ3n) is 7.57. The number of hydrogen-bond acceptors (Lipinski definition) is 6. The lowest BCUT2D eigenvalue weighted by atomic mass is 9.88. The molecule has 2 aromatic carbocycles. The van der Waals surface area contributed by atoms with Gasteiger partial charge in [-0.1, -0.05) is 18.1 Å². The third kappa shape index (κ3) is 6.89. The van der Waals surface area contributed by atoms with Gasteiger partial charge in [-0.25, -0.2) is 0 Å². The van der Waals surface area contributed by atoms with Gasteiger partial charge >= 0.3 is 6.18 Å². The van der Waals surface area contributed by atoms with Crippen LogP contribution < -0.4 is 10.2 Å². The Bertz CT molecular complexity index is 1460. The predicted molar refractivity (Wildman–Crippen MR) is 155 cm³/mol. The summed E-state index contributed by atoms with van der Waals surface area (Å²) in [5, 5.41) is 10.7. The van der Waals surface area contributed by atoms with Gasteiger partial charge in [0, 0.05) is 68.8 Å². The van der Waals surface area contributed by atoms with E-state index in [-0.39, 0.29) is 30.1 Å². The van der Waals surface area contributed by atoms with E-state index in [4.69, 9.17) is 4.74 Å². The van der Waals surface area contributed by atoms with Crippen LogP contribution >= 0.6 is 0 Å². The van der Waals surface area contributed by atoms with Crippen LogP contribution in [-0.2, 0) is 35.2 Å². The molecule has 2 aliphatic heterocycles. The Kier molecular flexibility index (Phi) is 9.49. The molecule has 0 spiro atoms. The molecule has 1 N–H and O–H groups in total. The van der Waals surface area contributed by atoms with E-state index >= 15 is 0 Å². The number of methoxy groups -OCH3 is 1. The maximum atomic E-state index is 14.2. The molecule has 42 heavy (non-hydrogen) atoms. The number of rotatable bonds is 10. The van der Waals surface area contributed by atoms with E-state index in [0.29, 0.717) is 56.0 Å². The Morgan fingerprint density at radius 2 is 2.02 bits per heavy atom. The first kappa shape index (κ1) is 30.9. The van der Waals surface area contributed by atoms with Crippen molar-refractivity contribution in [1.82, 2.24) is 10.2 Å². The highest BCUT2D eigenvalue weighted by molar-refractivity contribution is 6.10. The molecule has 11 heteroatoms. The van der Waals surface area contributed by atoms with Crippen molar-refractivity contribution in [3.8, 4) is 11.8 Å². The number of fused-ring (bicyclic) bond motifs is 1. The number of nitrogens with one attached hydrogen (secondary N) is 1. The highest BCUT2D eigenvalue weighted by Gasteiger charge is 2.41. The number of hydrogen-bond donors (Lipinski definition) is 1. The summed E-state index contributed by atoms with van der Waals surface area (Å²) in [6.45, 7) is 8.43. The maximum Gasteiger partial charge on any atom is 0.416 e. The summed E-state index contributed by atoms with van der Waals surface area (Å²) in [4.78, 5) is 28.8. The Balaban J connectivity index is 1.54. The average molecular weight is 582 g/mol. The summed E-state index contributed by atoms with van der Waals surface area (Å²) in [6.07, 6.45) is -3.49. The van der Waals surface area contributed by atoms with Crippen molar-refractivity contribution in [2.75, 3.05) is 38.3 Å². The van der Waals surface area contributed by atoms with Gasteiger partial charge in [0.2, 0.25) is 0 Å². The fourth-order valence-corrected chi connectivity index (χ4v) is 5.70. The summed E-state index contributed by atoms with van der Waals surface area (Å²) in [6, 6.07) is 9.76. The van der Waals surface area contributed by atoms with Crippen LogP contribution in [0.4, 0.5) is 18.9 Å². The molecule has 0 unspecified atom stereocenters. The summed E-state index contributed by atoms with van der Waals surface area (Å²) in [7, 11) is 1.58. The van der Waals surface area contributed by atoms with Gasteiger partial charge in [0.25, 0.3) is 11.8 Å². The Hall–Kier alpha value is -4.01. The normalized spacial score (nSPS) is 18.6. The third-order valence-corrected chi connectivity index (χ3v) is 7.57. The van der Waals surface area contributed by atoms with E-state index in [1.807, 2.05) is 6.07 Å². The summed E-state index contributed by atoms with van der Waals surface area (Å²) >= 11 is 0. The molecule has 0 aromatic heterocycles. The van der Waals surface area contributed by atoms with Gasteiger partial charge in [0.15, 0.2) is 0 Å². The smallest absolute Gasteiger partial charge is 0.384 e. The second kappa shape index (κ2) is 12.9. The van der Waals surface area contributed by atoms with Gasteiger partial charge in [0.1, 0.15) is 0 Å². The quantitative estimate of drug-likeness (QED) is 0.255. The highest BCUT2D eigenvalue weighted by Crippen LogP contribution is 2.40. The van der Waals surface area contributed by atoms with Gasteiger partial charge in [-0.2, -0.15) is 23.4 Å². The van der Waals surface area contributed by atoms with E-state index in [9.17, 15) is 22.8 Å². The SMILES string of the molecule is C=N/N=C(\C)Cc1cccc(N2Cc3c(cc(CNC[C@@]4(COC)CCN(C(=O)C#CC)C4)cc3C(F)(F)F)C2=O)c1. The molecule has 8 nitrogen and oxygen atoms in total. The summed E-state index contributed by atoms with van der Waals surface area (Å²) in [5.41, 5.74) is 1.22. The van der Waals surface area contributed by atoms with Gasteiger partial charge in [-0.15, -0.1) is 0 Å². The molecule has 1 saturated heterocycles. The molecule has 2 aliphatic rings. The molecule has 1 atom stereocenters. The van der Waals surface area contributed by atoms with Crippen LogP contribution in [0, 0.1) is 17.3 Å². The van der Waals surface area contributed by atoms with Gasteiger partial charge in [0.05, 0.1) is 18.7 Å². The zero-order valence-corrected chi connectivity index (χ0v) is 24.0. The van der Waals surface area contributed by atoms with E-state index < -0.39 is 23.1 Å². The van der Waals surface area contributed by atoms with Gasteiger partial charge in [-0.05, 0) is 67.1 Å². The van der Waals surface area contributed by atoms with E-state index in [2.05, 4.69) is 34.1 Å². The second-order valence-electron chi connectivity index (χ2n) is 10.8. The number of benzene rings is 2. The van der Waals surface area contributed by atoms with Crippen molar-refractivity contribution in [2.45, 2.75) is 46.0 Å². The van der Waals surface area contributed by atoms with Crippen molar-refractivity contribution in [3.63, 3.8) is 0 Å². The number of anilines is 1. The monoisotopic (exact) mass is 581 g/mol. The fourth-order valence-electron chi connectivity index (χ4n) is 5.70. The first-order valence-electron chi connectivity index (χ1n) is 13.5. The van der Waals surface area contributed by atoms with E-state index in [0.717, 1.165) is 11.6 Å². The van der Waals surface area contributed by atoms with E-state index in [1.54, 1.807) is 50.1 Å². The lowest BCUT2D eigenvalue weighted by Crippen LogP contribution is -2.41. The minimum absolute atomic E-state index is 0.0342. The van der Waals surface area contributed by atoms with Crippen LogP contribution in [0.1, 0.15) is 52.9 Å². The number of amides is 2. The van der Waals surface area contributed by atoms with Gasteiger partial charge in [-0.3, -0.25) is 9.59 Å². The largest absolute Gasteiger partial charge is 0.416 e. The molecule has 2 amide bonds. The number of ether oxygens (including phenoxy) is 1. The Morgan fingerprint density at radius 3 is 2.71 bits per heavy atom. The molecule has 222 valence electrons. The molecule has 0 saturated carbocycles. The standard InChI is InChI=1S/C31H34F3N5O3/c1-5-7-28(40)38-11-10-30(19-38,20-42-4)18-36-16-23-14-25-26(27(15-23)31(32,33)34)17-39(29(25)41)24-9-6-8-22(13-24)12-21(2)37-35-3/h6,8-9,13-15,36H,3,10-12,16-20H2,1-2,4H3/b37-21+/t30-/m0/s1. The van der Waals surface area contributed by atoms with Gasteiger partial charge < -0.3 is 19.9 Å². The van der Waals surface area contributed by atoms with Crippen LogP contribution in [0.25, 0.3) is 0 Å². The molecular formula is C31H34F3N5O3. The lowest BCUT2D eigenvalue weighted by Gasteiger charge is -2.28. The molecule has 0 bridgehead atoms. The predicted octanol–water partition coefficient (Wildman–Crippen LogP) is 4.46.